The second kappa shape index (κ2) is 7.91. The summed E-state index contributed by atoms with van der Waals surface area (Å²) in [7, 11) is 0. The van der Waals surface area contributed by atoms with E-state index in [9.17, 15) is 0 Å². The van der Waals surface area contributed by atoms with Crippen LogP contribution in [0.3, 0.4) is 0 Å². The van der Waals surface area contributed by atoms with Crippen molar-refractivity contribution < 1.29 is 4.74 Å². The molecule has 108 valence electrons. The van der Waals surface area contributed by atoms with Gasteiger partial charge in [0.25, 0.3) is 0 Å². The predicted molar refractivity (Wildman–Crippen MR) is 83.1 cm³/mol. The van der Waals surface area contributed by atoms with Gasteiger partial charge in [-0.2, -0.15) is 5.26 Å². The molecule has 1 aromatic carbocycles. The van der Waals surface area contributed by atoms with Gasteiger partial charge in [0.2, 0.25) is 0 Å². The number of ether oxygens (including phenoxy) is 1. The molecule has 21 heavy (non-hydrogen) atoms. The van der Waals surface area contributed by atoms with Crippen LogP contribution in [0.4, 0.5) is 5.69 Å². The molecule has 1 aromatic heterocycles. The molecule has 0 amide bonds. The normalized spacial score (nSPS) is 11.4. The van der Waals surface area contributed by atoms with E-state index in [0.29, 0.717) is 13.0 Å². The highest BCUT2D eigenvalue weighted by Crippen LogP contribution is 2.22. The summed E-state index contributed by atoms with van der Waals surface area (Å²) in [4.78, 5) is 4.13. The highest BCUT2D eigenvalue weighted by atomic mass is 16.5. The molecule has 0 spiro atoms. The van der Waals surface area contributed by atoms with E-state index in [1.165, 1.54) is 0 Å². The van der Waals surface area contributed by atoms with Gasteiger partial charge in [0.15, 0.2) is 0 Å². The third kappa shape index (κ3) is 4.81. The molecule has 1 unspecified atom stereocenters. The molecule has 2 aromatic rings. The Hall–Kier alpha value is -2.54. The molecule has 0 aliphatic rings. The molecule has 2 rings (SSSR count). The van der Waals surface area contributed by atoms with E-state index in [0.717, 1.165) is 23.4 Å². The molecular formula is C17H19N3O. The van der Waals surface area contributed by atoms with Crippen LogP contribution in [0, 0.1) is 11.3 Å². The van der Waals surface area contributed by atoms with Crippen LogP contribution in [0.1, 0.15) is 31.4 Å². The summed E-state index contributed by atoms with van der Waals surface area (Å²) in [6.07, 6.45) is 4.90. The van der Waals surface area contributed by atoms with Gasteiger partial charge in [-0.15, -0.1) is 0 Å². The first-order chi connectivity index (χ1) is 10.3. The van der Waals surface area contributed by atoms with E-state index in [-0.39, 0.29) is 6.04 Å². The fourth-order valence-electron chi connectivity index (χ4n) is 1.98. The summed E-state index contributed by atoms with van der Waals surface area (Å²) in [5.74, 6) is 0.816. The number of unbranched alkanes of at least 4 members (excludes halogenated alkanes) is 1. The molecule has 1 atom stereocenters. The topological polar surface area (TPSA) is 57.9 Å². The highest BCUT2D eigenvalue weighted by Gasteiger charge is 2.05. The Morgan fingerprint density at radius 3 is 3.00 bits per heavy atom. The molecule has 0 aliphatic heterocycles. The molecule has 1 N–H and O–H groups in total. The molecule has 4 heteroatoms. The van der Waals surface area contributed by atoms with Crippen molar-refractivity contribution in [1.29, 1.82) is 5.26 Å². The molecule has 0 fully saturated rings. The van der Waals surface area contributed by atoms with E-state index in [2.05, 4.69) is 23.3 Å². The zero-order valence-corrected chi connectivity index (χ0v) is 12.1. The Morgan fingerprint density at radius 1 is 1.33 bits per heavy atom. The smallest absolute Gasteiger partial charge is 0.121 e. The van der Waals surface area contributed by atoms with Gasteiger partial charge in [-0.05, 0) is 37.1 Å². The Kier molecular flexibility index (Phi) is 5.60. The van der Waals surface area contributed by atoms with E-state index < -0.39 is 0 Å². The number of rotatable bonds is 7. The van der Waals surface area contributed by atoms with Gasteiger partial charge in [-0.25, -0.2) is 0 Å². The van der Waals surface area contributed by atoms with Gasteiger partial charge in [0.05, 0.1) is 18.7 Å². The predicted octanol–water partition coefficient (Wildman–Crippen LogP) is 3.94. The monoisotopic (exact) mass is 281 g/mol. The Labute approximate surface area is 125 Å². The second-order valence-electron chi connectivity index (χ2n) is 4.79. The lowest BCUT2D eigenvalue weighted by Crippen LogP contribution is -2.07. The number of hydrogen-bond acceptors (Lipinski definition) is 4. The van der Waals surface area contributed by atoms with Gasteiger partial charge >= 0.3 is 0 Å². The van der Waals surface area contributed by atoms with Crippen LogP contribution >= 0.6 is 0 Å². The first-order valence-corrected chi connectivity index (χ1v) is 7.06. The van der Waals surface area contributed by atoms with Gasteiger partial charge in [-0.3, -0.25) is 4.98 Å². The average molecular weight is 281 g/mol. The van der Waals surface area contributed by atoms with E-state index in [1.807, 2.05) is 42.6 Å². The molecule has 1 heterocycles. The summed E-state index contributed by atoms with van der Waals surface area (Å²) in [6, 6.07) is 14.1. The number of nitriles is 1. The third-order valence-corrected chi connectivity index (χ3v) is 3.10. The molecule has 0 bridgehead atoms. The van der Waals surface area contributed by atoms with Crippen LogP contribution in [0.25, 0.3) is 0 Å². The fourth-order valence-corrected chi connectivity index (χ4v) is 1.98. The minimum absolute atomic E-state index is 0.174. The van der Waals surface area contributed by atoms with Gasteiger partial charge in [-0.1, -0.05) is 12.1 Å². The fraction of sp³-hybridized carbons (Fsp3) is 0.294. The van der Waals surface area contributed by atoms with Crippen LogP contribution < -0.4 is 10.1 Å². The SMILES string of the molecule is CC(Nc1cccc(OCCCC#N)c1)c1cccnc1. The summed E-state index contributed by atoms with van der Waals surface area (Å²) in [5, 5.41) is 11.9. The van der Waals surface area contributed by atoms with Crippen LogP contribution in [0.2, 0.25) is 0 Å². The van der Waals surface area contributed by atoms with E-state index in [4.69, 9.17) is 10.00 Å². The summed E-state index contributed by atoms with van der Waals surface area (Å²) < 4.78 is 5.63. The summed E-state index contributed by atoms with van der Waals surface area (Å²) in [6.45, 7) is 2.66. The lowest BCUT2D eigenvalue weighted by molar-refractivity contribution is 0.313. The summed E-state index contributed by atoms with van der Waals surface area (Å²) >= 11 is 0. The molecule has 0 radical (unpaired) electrons. The zero-order chi connectivity index (χ0) is 14.9. The number of hydrogen-bond donors (Lipinski definition) is 1. The van der Waals surface area contributed by atoms with Crippen molar-refractivity contribution in [1.82, 2.24) is 4.98 Å². The number of pyridine rings is 1. The first kappa shape index (κ1) is 14.9. The van der Waals surface area contributed by atoms with Crippen molar-refractivity contribution in [2.75, 3.05) is 11.9 Å². The zero-order valence-electron chi connectivity index (χ0n) is 12.1. The third-order valence-electron chi connectivity index (χ3n) is 3.10. The molecule has 0 aliphatic carbocycles. The van der Waals surface area contributed by atoms with Crippen molar-refractivity contribution in [2.45, 2.75) is 25.8 Å². The van der Waals surface area contributed by atoms with Crippen LogP contribution in [0.15, 0.2) is 48.8 Å². The van der Waals surface area contributed by atoms with Crippen molar-refractivity contribution >= 4 is 5.69 Å². The lowest BCUT2D eigenvalue weighted by atomic mass is 10.1. The maximum atomic E-state index is 8.49. The Bertz CT molecular complexity index is 592. The summed E-state index contributed by atoms with van der Waals surface area (Å²) in [5.41, 5.74) is 2.14. The lowest BCUT2D eigenvalue weighted by Gasteiger charge is -2.16. The minimum Gasteiger partial charge on any atom is -0.493 e. The van der Waals surface area contributed by atoms with E-state index in [1.54, 1.807) is 6.20 Å². The highest BCUT2D eigenvalue weighted by molar-refractivity contribution is 5.49. The van der Waals surface area contributed by atoms with Crippen molar-refractivity contribution in [3.63, 3.8) is 0 Å². The molecule has 0 saturated carbocycles. The Balaban J connectivity index is 1.93. The standard InChI is InChI=1S/C17H19N3O/c1-14(15-6-5-10-19-13-15)20-16-7-4-8-17(12-16)21-11-3-2-9-18/h4-8,10,12-14,20H,2-3,11H2,1H3. The number of benzene rings is 1. The quantitative estimate of drug-likeness (QED) is 0.781. The molecular weight excluding hydrogens is 262 g/mol. The second-order valence-corrected chi connectivity index (χ2v) is 4.79. The average Bonchev–Trinajstić information content (AvgIpc) is 2.53. The number of nitrogens with one attached hydrogen (secondary N) is 1. The van der Waals surface area contributed by atoms with Gasteiger partial charge < -0.3 is 10.1 Å². The Morgan fingerprint density at radius 2 is 2.24 bits per heavy atom. The molecule has 0 saturated heterocycles. The van der Waals surface area contributed by atoms with Crippen molar-refractivity contribution in [2.24, 2.45) is 0 Å². The number of nitrogens with zero attached hydrogens (tertiary/aromatic N) is 2. The van der Waals surface area contributed by atoms with Gasteiger partial charge in [0, 0.05) is 30.6 Å². The first-order valence-electron chi connectivity index (χ1n) is 7.06. The van der Waals surface area contributed by atoms with E-state index >= 15 is 0 Å². The van der Waals surface area contributed by atoms with Crippen LogP contribution in [-0.4, -0.2) is 11.6 Å². The maximum Gasteiger partial charge on any atom is 0.121 e. The molecule has 4 nitrogen and oxygen atoms in total. The largest absolute Gasteiger partial charge is 0.493 e. The minimum atomic E-state index is 0.174. The maximum absolute atomic E-state index is 8.49. The number of aromatic nitrogens is 1. The van der Waals surface area contributed by atoms with Crippen LogP contribution in [0.5, 0.6) is 5.75 Å². The van der Waals surface area contributed by atoms with Crippen molar-refractivity contribution in [3.05, 3.63) is 54.4 Å². The number of anilines is 1. The van der Waals surface area contributed by atoms with Gasteiger partial charge in [0.1, 0.15) is 5.75 Å². The van der Waals surface area contributed by atoms with Crippen molar-refractivity contribution in [3.8, 4) is 11.8 Å². The van der Waals surface area contributed by atoms with Crippen LogP contribution in [-0.2, 0) is 0 Å².